The van der Waals surface area contributed by atoms with Gasteiger partial charge in [0.2, 0.25) is 0 Å². The largest absolute Gasteiger partial charge is 0.507 e. The van der Waals surface area contributed by atoms with Crippen LogP contribution in [0, 0.1) is 6.92 Å². The first-order valence-corrected chi connectivity index (χ1v) is 16.9. The second kappa shape index (κ2) is 16.3. The Bertz CT molecular complexity index is 1970. The molecule has 12 nitrogen and oxygen atoms in total. The first-order chi connectivity index (χ1) is 24.4. The van der Waals surface area contributed by atoms with Gasteiger partial charge in [-0.15, -0.1) is 11.6 Å². The summed E-state index contributed by atoms with van der Waals surface area (Å²) in [5.74, 6) is 0.685. The number of hydrogen-bond donors (Lipinski definition) is 4. The molecule has 0 radical (unpaired) electrons. The number of aliphatic hydroxyl groups is 1. The number of aromatic amines is 1. The summed E-state index contributed by atoms with van der Waals surface area (Å²) >= 11 is 6.40. The van der Waals surface area contributed by atoms with Gasteiger partial charge in [0.1, 0.15) is 29.6 Å². The van der Waals surface area contributed by atoms with E-state index in [9.17, 15) is 14.7 Å². The maximum Gasteiger partial charge on any atom is 0.274 e. The van der Waals surface area contributed by atoms with Crippen molar-refractivity contribution in [2.75, 3.05) is 75.5 Å². The zero-order valence-corrected chi connectivity index (χ0v) is 28.4. The first kappa shape index (κ1) is 35.1. The lowest BCUT2D eigenvalue weighted by molar-refractivity contribution is 0.00361. The number of carbonyl (C=O) groups excluding carboxylic acids is 2. The number of phenolic OH excluding ortho intramolecular Hbond substituents is 1. The van der Waals surface area contributed by atoms with Crippen molar-refractivity contribution in [2.45, 2.75) is 12.8 Å². The highest BCUT2D eigenvalue weighted by molar-refractivity contribution is 6.19. The van der Waals surface area contributed by atoms with Gasteiger partial charge in [-0.3, -0.25) is 9.59 Å². The number of aromatic hydroxyl groups is 1. The molecule has 50 heavy (non-hydrogen) atoms. The number of aliphatic hydroxyl groups excluding tert-OH is 1. The van der Waals surface area contributed by atoms with Gasteiger partial charge >= 0.3 is 0 Å². The van der Waals surface area contributed by atoms with E-state index >= 15 is 0 Å². The molecule has 0 spiro atoms. The topological polar surface area (TPSA) is 155 Å². The van der Waals surface area contributed by atoms with Crippen molar-refractivity contribution in [1.82, 2.24) is 9.97 Å². The molecule has 0 aliphatic carbocycles. The van der Waals surface area contributed by atoms with Crippen LogP contribution in [0.4, 0.5) is 11.5 Å². The van der Waals surface area contributed by atoms with Gasteiger partial charge in [0.15, 0.2) is 0 Å². The van der Waals surface area contributed by atoms with Crippen LogP contribution in [0.25, 0.3) is 21.7 Å². The van der Waals surface area contributed by atoms with Gasteiger partial charge in [-0.1, -0.05) is 18.2 Å². The van der Waals surface area contributed by atoms with Gasteiger partial charge in [0.25, 0.3) is 11.8 Å². The van der Waals surface area contributed by atoms with E-state index in [1.807, 2.05) is 25.1 Å². The molecule has 1 unspecified atom stereocenters. The lowest BCUT2D eigenvalue weighted by atomic mass is 9.92. The lowest BCUT2D eigenvalue weighted by Crippen LogP contribution is -2.30. The molecule has 13 heteroatoms. The number of benzene rings is 3. The summed E-state index contributed by atoms with van der Waals surface area (Å²) in [6.45, 7) is 5.12. The molecule has 262 valence electrons. The highest BCUT2D eigenvalue weighted by atomic mass is 35.5. The Balaban J connectivity index is 1.04. The number of nitrogens with zero attached hydrogens (tertiary/aromatic N) is 2. The number of amides is 2. The van der Waals surface area contributed by atoms with Crippen LogP contribution in [0.1, 0.15) is 37.9 Å². The molecular weight excluding hydrogens is 664 g/mol. The summed E-state index contributed by atoms with van der Waals surface area (Å²) < 4.78 is 21.7. The van der Waals surface area contributed by atoms with Crippen LogP contribution in [-0.4, -0.2) is 97.3 Å². The number of pyridine rings is 1. The number of aromatic nitrogens is 2. The van der Waals surface area contributed by atoms with Crippen molar-refractivity contribution in [3.63, 3.8) is 0 Å². The number of hydrogen-bond acceptors (Lipinski definition) is 9. The second-order valence-corrected chi connectivity index (χ2v) is 12.1. The molecule has 5 aromatic rings. The number of ether oxygens (including phenoxy) is 4. The summed E-state index contributed by atoms with van der Waals surface area (Å²) in [5, 5.41) is 24.7. The minimum atomic E-state index is -0.344. The third-order valence-electron chi connectivity index (χ3n) is 8.47. The third kappa shape index (κ3) is 7.85. The monoisotopic (exact) mass is 702 g/mol. The van der Waals surface area contributed by atoms with Gasteiger partial charge in [0, 0.05) is 40.7 Å². The molecule has 0 saturated heterocycles. The van der Waals surface area contributed by atoms with E-state index in [1.165, 1.54) is 0 Å². The average molecular weight is 703 g/mol. The number of nitrogens with one attached hydrogen (secondary N) is 2. The number of anilines is 2. The van der Waals surface area contributed by atoms with E-state index in [4.69, 9.17) is 35.7 Å². The van der Waals surface area contributed by atoms with E-state index in [0.29, 0.717) is 98.1 Å². The molecule has 2 amide bonds. The molecule has 4 N–H and O–H groups in total. The Morgan fingerprint density at radius 3 is 2.42 bits per heavy atom. The van der Waals surface area contributed by atoms with Crippen LogP contribution in [0.2, 0.25) is 0 Å². The van der Waals surface area contributed by atoms with Gasteiger partial charge in [0.05, 0.1) is 63.6 Å². The molecule has 2 aromatic heterocycles. The van der Waals surface area contributed by atoms with Crippen LogP contribution in [0.5, 0.6) is 11.5 Å². The minimum absolute atomic E-state index is 0.00602. The van der Waals surface area contributed by atoms with Gasteiger partial charge in [-0.25, -0.2) is 4.98 Å². The van der Waals surface area contributed by atoms with Gasteiger partial charge in [-0.2, -0.15) is 0 Å². The van der Waals surface area contributed by atoms with Crippen LogP contribution in [-0.2, 0) is 14.2 Å². The Hall–Kier alpha value is -4.72. The zero-order valence-electron chi connectivity index (χ0n) is 27.6. The standard InChI is InChI=1S/C37H39ClN4O8/c1-23-3-2-4-28-32(44)19-31-35(34(23)28)26(20-38)22-42(31)37(46)29-17-25-18-33(39-21-30(25)40-29)41-36(45)24-5-7-27(8-6-24)50-16-15-49-14-13-48-12-11-47-10-9-43/h2-8,17-19,21,26,40,43-44H,9-16,20,22H2,1H3,(H,39,41,45). The van der Waals surface area contributed by atoms with E-state index in [0.717, 1.165) is 21.9 Å². The summed E-state index contributed by atoms with van der Waals surface area (Å²) in [7, 11) is 0. The van der Waals surface area contributed by atoms with E-state index in [2.05, 4.69) is 15.3 Å². The number of fused-ring (bicyclic) bond motifs is 4. The smallest absolute Gasteiger partial charge is 0.274 e. The Morgan fingerprint density at radius 2 is 1.70 bits per heavy atom. The number of alkyl halides is 1. The fraction of sp³-hybridized carbons (Fsp3) is 0.324. The van der Waals surface area contributed by atoms with Crippen LogP contribution >= 0.6 is 11.6 Å². The average Bonchev–Trinajstić information content (AvgIpc) is 3.72. The second-order valence-electron chi connectivity index (χ2n) is 11.8. The lowest BCUT2D eigenvalue weighted by Gasteiger charge is -2.18. The number of H-pyrrole nitrogens is 1. The van der Waals surface area contributed by atoms with E-state index in [1.54, 1.807) is 53.6 Å². The maximum atomic E-state index is 13.9. The van der Waals surface area contributed by atoms with Crippen molar-refractivity contribution in [1.29, 1.82) is 0 Å². The fourth-order valence-corrected chi connectivity index (χ4v) is 6.34. The highest BCUT2D eigenvalue weighted by Gasteiger charge is 2.35. The molecule has 3 aromatic carbocycles. The first-order valence-electron chi connectivity index (χ1n) is 16.4. The number of aryl methyl sites for hydroxylation is 1. The highest BCUT2D eigenvalue weighted by Crippen LogP contribution is 2.46. The molecule has 1 aliphatic heterocycles. The van der Waals surface area contributed by atoms with Crippen molar-refractivity contribution in [3.05, 3.63) is 89.2 Å². The van der Waals surface area contributed by atoms with Crippen molar-refractivity contribution in [2.24, 2.45) is 0 Å². The number of halogens is 1. The minimum Gasteiger partial charge on any atom is -0.507 e. The fourth-order valence-electron chi connectivity index (χ4n) is 6.09. The molecular formula is C37H39ClN4O8. The quantitative estimate of drug-likeness (QED) is 0.0783. The SMILES string of the molecule is Cc1cccc2c(O)cc3c(c12)C(CCl)CN3C(=O)c1cc2cc(NC(=O)c3ccc(OCCOCCOCCOCCO)cc3)ncc2[nH]1. The van der Waals surface area contributed by atoms with Crippen LogP contribution < -0.4 is 15.0 Å². The Morgan fingerprint density at radius 1 is 0.980 bits per heavy atom. The number of rotatable bonds is 16. The molecule has 3 heterocycles. The summed E-state index contributed by atoms with van der Waals surface area (Å²) in [5.41, 5.74) is 4.03. The van der Waals surface area contributed by atoms with Crippen LogP contribution in [0.3, 0.4) is 0 Å². The normalized spacial score (nSPS) is 14.0. The number of carbonyl (C=O) groups is 2. The molecule has 0 fully saturated rings. The molecule has 0 bridgehead atoms. The van der Waals surface area contributed by atoms with Gasteiger partial charge < -0.3 is 44.4 Å². The van der Waals surface area contributed by atoms with E-state index in [-0.39, 0.29) is 30.1 Å². The van der Waals surface area contributed by atoms with Crippen LogP contribution in [0.15, 0.2) is 66.9 Å². The maximum absolute atomic E-state index is 13.9. The molecule has 6 rings (SSSR count). The summed E-state index contributed by atoms with van der Waals surface area (Å²) in [6, 6.07) is 17.6. The van der Waals surface area contributed by atoms with Crippen molar-refractivity contribution < 1.29 is 38.7 Å². The predicted octanol–water partition coefficient (Wildman–Crippen LogP) is 5.39. The van der Waals surface area contributed by atoms with Crippen molar-refractivity contribution >= 4 is 56.6 Å². The number of phenols is 1. The zero-order chi connectivity index (χ0) is 35.0. The summed E-state index contributed by atoms with van der Waals surface area (Å²) in [4.78, 5) is 36.0. The van der Waals surface area contributed by atoms with Gasteiger partial charge in [-0.05, 0) is 59.8 Å². The van der Waals surface area contributed by atoms with Crippen molar-refractivity contribution in [3.8, 4) is 11.5 Å². The third-order valence-corrected chi connectivity index (χ3v) is 8.84. The molecule has 0 saturated carbocycles. The molecule has 1 atom stereocenters. The Kier molecular flexibility index (Phi) is 11.5. The molecule has 1 aliphatic rings. The Labute approximate surface area is 293 Å². The van der Waals surface area contributed by atoms with E-state index < -0.39 is 0 Å². The summed E-state index contributed by atoms with van der Waals surface area (Å²) in [6.07, 6.45) is 1.57. The predicted molar refractivity (Wildman–Crippen MR) is 191 cm³/mol.